The van der Waals surface area contributed by atoms with Gasteiger partial charge in [0.25, 0.3) is 5.69 Å². The molecular weight excluding hydrogens is 405 g/mol. The van der Waals surface area contributed by atoms with Crippen LogP contribution in [0.2, 0.25) is 0 Å². The maximum Gasteiger partial charge on any atom is 0.416 e. The molecule has 1 fully saturated rings. The number of carbonyl (C=O) groups excluding carboxylic acids is 2. The van der Waals surface area contributed by atoms with Crippen LogP contribution in [0.3, 0.4) is 0 Å². The summed E-state index contributed by atoms with van der Waals surface area (Å²) >= 11 is 0. The molecule has 0 radical (unpaired) electrons. The van der Waals surface area contributed by atoms with Gasteiger partial charge in [0.2, 0.25) is 11.8 Å². The molecule has 8 nitrogen and oxygen atoms in total. The maximum absolute atomic E-state index is 12.8. The molecule has 0 unspecified atom stereocenters. The second kappa shape index (κ2) is 8.39. The summed E-state index contributed by atoms with van der Waals surface area (Å²) < 4.78 is 38.3. The van der Waals surface area contributed by atoms with Crippen LogP contribution in [0.25, 0.3) is 0 Å². The molecule has 1 atom stereocenters. The van der Waals surface area contributed by atoms with Crippen LogP contribution in [0.4, 0.5) is 24.5 Å². The van der Waals surface area contributed by atoms with Crippen molar-refractivity contribution in [2.75, 3.05) is 12.0 Å². The molecule has 3 rings (SSSR count). The summed E-state index contributed by atoms with van der Waals surface area (Å²) in [6.07, 6.45) is -4.77. The Hall–Kier alpha value is -3.63. The van der Waals surface area contributed by atoms with E-state index in [4.69, 9.17) is 0 Å². The second-order valence-electron chi connectivity index (χ2n) is 6.76. The van der Waals surface area contributed by atoms with E-state index in [-0.39, 0.29) is 24.6 Å². The summed E-state index contributed by atoms with van der Waals surface area (Å²) in [4.78, 5) is 36.2. The second-order valence-corrected chi connectivity index (χ2v) is 6.76. The van der Waals surface area contributed by atoms with Crippen molar-refractivity contribution in [1.82, 2.24) is 10.3 Å². The maximum atomic E-state index is 12.8. The first-order valence-corrected chi connectivity index (χ1v) is 8.88. The van der Waals surface area contributed by atoms with Crippen LogP contribution in [0.5, 0.6) is 0 Å². The zero-order valence-electron chi connectivity index (χ0n) is 15.5. The van der Waals surface area contributed by atoms with Crippen LogP contribution < -0.4 is 10.9 Å². The smallest absolute Gasteiger partial charge is 0.338 e. The third kappa shape index (κ3) is 4.85. The monoisotopic (exact) mass is 422 g/mol. The van der Waals surface area contributed by atoms with E-state index in [0.29, 0.717) is 18.7 Å². The van der Waals surface area contributed by atoms with E-state index >= 15 is 0 Å². The van der Waals surface area contributed by atoms with Gasteiger partial charge in [-0.1, -0.05) is 30.3 Å². The van der Waals surface area contributed by atoms with E-state index < -0.39 is 34.2 Å². The number of halogens is 3. The summed E-state index contributed by atoms with van der Waals surface area (Å²) in [5, 5.41) is 11.1. The number of hydrogen-bond donors (Lipinski definition) is 2. The highest BCUT2D eigenvalue weighted by atomic mass is 19.4. The predicted molar refractivity (Wildman–Crippen MR) is 99.8 cm³/mol. The van der Waals surface area contributed by atoms with E-state index in [9.17, 15) is 32.9 Å². The first kappa shape index (κ1) is 21.1. The highest BCUT2D eigenvalue weighted by Gasteiger charge is 2.35. The number of hydrazine groups is 1. The predicted octanol–water partition coefficient (Wildman–Crippen LogP) is 3.11. The quantitative estimate of drug-likeness (QED) is 0.550. The molecule has 0 saturated carbocycles. The summed E-state index contributed by atoms with van der Waals surface area (Å²) in [5.74, 6) is -1.49. The number of alkyl halides is 3. The van der Waals surface area contributed by atoms with Gasteiger partial charge in [-0.3, -0.25) is 30.6 Å². The van der Waals surface area contributed by atoms with E-state index in [0.717, 1.165) is 11.6 Å². The normalized spacial score (nSPS) is 16.4. The summed E-state index contributed by atoms with van der Waals surface area (Å²) in [7, 11) is 0. The van der Waals surface area contributed by atoms with Crippen LogP contribution in [0, 0.1) is 16.0 Å². The Balaban J connectivity index is 1.63. The summed E-state index contributed by atoms with van der Waals surface area (Å²) in [6, 6.07) is 11.1. The van der Waals surface area contributed by atoms with Crippen molar-refractivity contribution >= 4 is 23.2 Å². The molecule has 0 aliphatic carbocycles. The third-order valence-electron chi connectivity index (χ3n) is 4.64. The molecule has 1 heterocycles. The fraction of sp³-hybridized carbons (Fsp3) is 0.263. The van der Waals surface area contributed by atoms with Crippen LogP contribution in [0.15, 0.2) is 48.5 Å². The zero-order chi connectivity index (χ0) is 21.9. The van der Waals surface area contributed by atoms with Crippen molar-refractivity contribution in [2.45, 2.75) is 19.1 Å². The molecule has 158 valence electrons. The number of rotatable bonds is 6. The Kier molecular flexibility index (Phi) is 5.90. The lowest BCUT2D eigenvalue weighted by Crippen LogP contribution is -2.36. The number of hydrogen-bond acceptors (Lipinski definition) is 5. The van der Waals surface area contributed by atoms with Gasteiger partial charge in [-0.2, -0.15) is 13.2 Å². The standard InChI is InChI=1S/C19H17F3N4O4/c20-19(21,22)14-6-7-15(16(9-14)26(29)30)23-24-18(28)13-8-17(27)25(11-13)10-12-4-2-1-3-5-12/h1-7,9,13,23H,8,10-11H2,(H,24,28)/t13-/m1/s1. The number of anilines is 1. The van der Waals surface area contributed by atoms with Gasteiger partial charge < -0.3 is 4.90 Å². The van der Waals surface area contributed by atoms with Gasteiger partial charge >= 0.3 is 6.18 Å². The molecule has 0 aromatic heterocycles. The van der Waals surface area contributed by atoms with Gasteiger partial charge in [0.15, 0.2) is 0 Å². The van der Waals surface area contributed by atoms with Crippen LogP contribution >= 0.6 is 0 Å². The van der Waals surface area contributed by atoms with Crippen molar-refractivity contribution < 1.29 is 27.7 Å². The Morgan fingerprint density at radius 2 is 1.90 bits per heavy atom. The molecule has 0 bridgehead atoms. The minimum atomic E-state index is -4.74. The zero-order valence-corrected chi connectivity index (χ0v) is 15.5. The minimum Gasteiger partial charge on any atom is -0.338 e. The van der Waals surface area contributed by atoms with Gasteiger partial charge in [0, 0.05) is 25.6 Å². The largest absolute Gasteiger partial charge is 0.416 e. The number of nitro groups is 1. The summed E-state index contributed by atoms with van der Waals surface area (Å²) in [5.41, 5.74) is 3.13. The molecular formula is C19H17F3N4O4. The SMILES string of the molecule is O=C(NNc1ccc(C(F)(F)F)cc1[N+](=O)[O-])[C@@H]1CC(=O)N(Cc2ccccc2)C1. The average molecular weight is 422 g/mol. The highest BCUT2D eigenvalue weighted by Crippen LogP contribution is 2.34. The van der Waals surface area contributed by atoms with Gasteiger partial charge in [0.1, 0.15) is 5.69 Å². The van der Waals surface area contributed by atoms with Crippen LogP contribution in [0.1, 0.15) is 17.5 Å². The van der Waals surface area contributed by atoms with Crippen LogP contribution in [-0.4, -0.2) is 28.2 Å². The topological polar surface area (TPSA) is 105 Å². The first-order valence-electron chi connectivity index (χ1n) is 8.88. The van der Waals surface area contributed by atoms with E-state index in [1.807, 2.05) is 30.3 Å². The molecule has 2 aromatic carbocycles. The van der Waals surface area contributed by atoms with Crippen molar-refractivity contribution in [3.63, 3.8) is 0 Å². The molecule has 1 aliphatic heterocycles. The number of nitrogens with zero attached hydrogens (tertiary/aromatic N) is 2. The molecule has 30 heavy (non-hydrogen) atoms. The fourth-order valence-electron chi connectivity index (χ4n) is 3.10. The molecule has 2 amide bonds. The Bertz CT molecular complexity index is 966. The van der Waals surface area contributed by atoms with Crippen molar-refractivity contribution in [3.05, 3.63) is 69.8 Å². The minimum absolute atomic E-state index is 0.0323. The number of benzene rings is 2. The van der Waals surface area contributed by atoms with E-state index in [2.05, 4.69) is 10.9 Å². The molecule has 2 N–H and O–H groups in total. The van der Waals surface area contributed by atoms with Gasteiger partial charge in [-0.05, 0) is 17.7 Å². The highest BCUT2D eigenvalue weighted by molar-refractivity contribution is 5.90. The number of nitro benzene ring substituents is 1. The Morgan fingerprint density at radius 1 is 1.20 bits per heavy atom. The lowest BCUT2D eigenvalue weighted by molar-refractivity contribution is -0.384. The Morgan fingerprint density at radius 3 is 2.53 bits per heavy atom. The third-order valence-corrected chi connectivity index (χ3v) is 4.64. The van der Waals surface area contributed by atoms with E-state index in [1.165, 1.54) is 4.90 Å². The fourth-order valence-corrected chi connectivity index (χ4v) is 3.10. The lowest BCUT2D eigenvalue weighted by atomic mass is 10.1. The summed E-state index contributed by atoms with van der Waals surface area (Å²) in [6.45, 7) is 0.512. The lowest BCUT2D eigenvalue weighted by Gasteiger charge is -2.17. The first-order chi connectivity index (χ1) is 14.1. The van der Waals surface area contributed by atoms with Crippen molar-refractivity contribution in [1.29, 1.82) is 0 Å². The molecule has 0 spiro atoms. The molecule has 1 aliphatic rings. The molecule has 1 saturated heterocycles. The van der Waals surface area contributed by atoms with Crippen molar-refractivity contribution in [2.24, 2.45) is 5.92 Å². The van der Waals surface area contributed by atoms with Gasteiger partial charge in [-0.15, -0.1) is 0 Å². The van der Waals surface area contributed by atoms with E-state index in [1.54, 1.807) is 0 Å². The number of carbonyl (C=O) groups is 2. The number of amides is 2. The van der Waals surface area contributed by atoms with Gasteiger partial charge in [0.05, 0.1) is 16.4 Å². The number of nitrogens with one attached hydrogen (secondary N) is 2. The van der Waals surface area contributed by atoms with Gasteiger partial charge in [-0.25, -0.2) is 0 Å². The van der Waals surface area contributed by atoms with Crippen molar-refractivity contribution in [3.8, 4) is 0 Å². The molecule has 11 heteroatoms. The average Bonchev–Trinajstić information content (AvgIpc) is 3.06. The number of likely N-dealkylation sites (tertiary alicyclic amines) is 1. The molecule has 2 aromatic rings. The van der Waals surface area contributed by atoms with Crippen LogP contribution in [-0.2, 0) is 22.3 Å². The Labute approximate surface area is 168 Å².